The summed E-state index contributed by atoms with van der Waals surface area (Å²) >= 11 is 0. The number of benzene rings is 2. The Balaban J connectivity index is 1.71. The number of ether oxygens (including phenoxy) is 1. The minimum absolute atomic E-state index is 0.226. The van der Waals surface area contributed by atoms with Gasteiger partial charge in [0.2, 0.25) is 0 Å². The van der Waals surface area contributed by atoms with Crippen LogP contribution in [0.5, 0.6) is 5.75 Å². The molecule has 0 saturated heterocycles. The van der Waals surface area contributed by atoms with Crippen molar-refractivity contribution < 1.29 is 4.74 Å². The van der Waals surface area contributed by atoms with E-state index in [0.717, 1.165) is 22.6 Å². The first-order valence-corrected chi connectivity index (χ1v) is 8.76. The van der Waals surface area contributed by atoms with Gasteiger partial charge in [-0.15, -0.1) is 0 Å². The topological polar surface area (TPSA) is 66.2 Å². The lowest BCUT2D eigenvalue weighted by Gasteiger charge is -2.39. The Morgan fingerprint density at radius 2 is 1.78 bits per heavy atom. The van der Waals surface area contributed by atoms with Crippen molar-refractivity contribution in [1.82, 2.24) is 19.8 Å². The van der Waals surface area contributed by atoms with Crippen molar-refractivity contribution in [3.63, 3.8) is 0 Å². The second-order valence-electron chi connectivity index (χ2n) is 6.31. The summed E-state index contributed by atoms with van der Waals surface area (Å²) in [5.74, 6) is 1.20. The van der Waals surface area contributed by atoms with Gasteiger partial charge in [-0.05, 0) is 17.7 Å². The van der Waals surface area contributed by atoms with Gasteiger partial charge >= 0.3 is 0 Å². The monoisotopic (exact) mass is 359 g/mol. The molecule has 2 N–H and O–H groups in total. The van der Waals surface area contributed by atoms with Crippen LogP contribution in [0.3, 0.4) is 0 Å². The molecule has 2 heterocycles. The van der Waals surface area contributed by atoms with Crippen molar-refractivity contribution in [3.8, 4) is 5.75 Å². The quantitative estimate of drug-likeness (QED) is 0.733. The molecule has 27 heavy (non-hydrogen) atoms. The smallest absolute Gasteiger partial charge is 0.184 e. The van der Waals surface area contributed by atoms with Crippen molar-refractivity contribution in [3.05, 3.63) is 90.5 Å². The Morgan fingerprint density at radius 1 is 1.07 bits per heavy atom. The second kappa shape index (κ2) is 7.37. The van der Waals surface area contributed by atoms with Crippen LogP contribution in [0.15, 0.2) is 85.0 Å². The molecular formula is C21H21N5O. The molecule has 0 amide bonds. The third-order valence-corrected chi connectivity index (χ3v) is 4.58. The third kappa shape index (κ3) is 3.42. The molecule has 0 saturated carbocycles. The maximum Gasteiger partial charge on any atom is 0.184 e. The maximum atomic E-state index is 8.74. The number of imidazole rings is 1. The third-order valence-electron chi connectivity index (χ3n) is 4.58. The predicted octanol–water partition coefficient (Wildman–Crippen LogP) is 3.34. The maximum absolute atomic E-state index is 8.74. The summed E-state index contributed by atoms with van der Waals surface area (Å²) in [5.41, 5.74) is 2.73. The van der Waals surface area contributed by atoms with Gasteiger partial charge in [0.25, 0.3) is 0 Å². The molecule has 1 aliphatic rings. The van der Waals surface area contributed by atoms with Gasteiger partial charge < -0.3 is 15.0 Å². The summed E-state index contributed by atoms with van der Waals surface area (Å²) in [5, 5.41) is 12.3. The van der Waals surface area contributed by atoms with Gasteiger partial charge in [-0.3, -0.25) is 9.98 Å². The molecule has 3 aromatic rings. The highest BCUT2D eigenvalue weighted by molar-refractivity contribution is 6.04. The number of rotatable bonds is 5. The number of likely N-dealkylation sites (N-methyl/N-ethyl adjacent to an activating group) is 1. The van der Waals surface area contributed by atoms with E-state index in [1.54, 1.807) is 12.5 Å². The van der Waals surface area contributed by atoms with Crippen molar-refractivity contribution in [2.75, 3.05) is 13.7 Å². The summed E-state index contributed by atoms with van der Waals surface area (Å²) in [6.07, 6.45) is 5.14. The van der Waals surface area contributed by atoms with E-state index in [0.29, 0.717) is 12.4 Å². The number of hydrogen-bond donors (Lipinski definition) is 2. The first-order chi connectivity index (χ1) is 13.2. The van der Waals surface area contributed by atoms with E-state index >= 15 is 0 Å². The molecule has 0 fully saturated rings. The van der Waals surface area contributed by atoms with Crippen molar-refractivity contribution in [2.24, 2.45) is 0 Å². The van der Waals surface area contributed by atoms with Crippen molar-refractivity contribution in [2.45, 2.75) is 6.29 Å². The lowest BCUT2D eigenvalue weighted by molar-refractivity contribution is 0.236. The van der Waals surface area contributed by atoms with E-state index in [1.807, 2.05) is 83.4 Å². The van der Waals surface area contributed by atoms with Crippen molar-refractivity contribution in [1.29, 1.82) is 5.41 Å². The van der Waals surface area contributed by atoms with Gasteiger partial charge in [-0.2, -0.15) is 0 Å². The molecule has 4 rings (SSSR count). The first kappa shape index (κ1) is 16.9. The molecule has 0 aliphatic carbocycles. The van der Waals surface area contributed by atoms with E-state index in [9.17, 15) is 0 Å². The zero-order chi connectivity index (χ0) is 18.6. The van der Waals surface area contributed by atoms with Gasteiger partial charge in [0.15, 0.2) is 6.29 Å². The molecule has 2 aromatic carbocycles. The SMILES string of the molecule is CN1C(=N)C(COc2ccccc2)=C(c2ccccc2)NC1n1ccnc1. The summed E-state index contributed by atoms with van der Waals surface area (Å²) in [6.45, 7) is 0.307. The van der Waals surface area contributed by atoms with E-state index in [2.05, 4.69) is 10.3 Å². The van der Waals surface area contributed by atoms with Crippen LogP contribution < -0.4 is 10.1 Å². The van der Waals surface area contributed by atoms with Crippen LogP contribution in [0.1, 0.15) is 11.9 Å². The zero-order valence-corrected chi connectivity index (χ0v) is 15.0. The fourth-order valence-corrected chi connectivity index (χ4v) is 3.13. The molecule has 0 radical (unpaired) electrons. The Kier molecular flexibility index (Phi) is 4.61. The van der Waals surface area contributed by atoms with E-state index < -0.39 is 0 Å². The zero-order valence-electron chi connectivity index (χ0n) is 15.0. The highest BCUT2D eigenvalue weighted by Crippen LogP contribution is 2.28. The molecule has 6 heteroatoms. The van der Waals surface area contributed by atoms with E-state index in [4.69, 9.17) is 10.1 Å². The van der Waals surface area contributed by atoms with Crippen LogP contribution in [0.2, 0.25) is 0 Å². The summed E-state index contributed by atoms with van der Waals surface area (Å²) in [6, 6.07) is 19.7. The van der Waals surface area contributed by atoms with Gasteiger partial charge in [0, 0.05) is 19.4 Å². The highest BCUT2D eigenvalue weighted by atomic mass is 16.5. The average molecular weight is 359 g/mol. The lowest BCUT2D eigenvalue weighted by atomic mass is 10.0. The number of aromatic nitrogens is 2. The summed E-state index contributed by atoms with van der Waals surface area (Å²) in [4.78, 5) is 6.01. The molecule has 0 spiro atoms. The lowest BCUT2D eigenvalue weighted by Crippen LogP contribution is -2.48. The second-order valence-corrected chi connectivity index (χ2v) is 6.31. The number of nitrogens with zero attached hydrogens (tertiary/aromatic N) is 3. The fraction of sp³-hybridized carbons (Fsp3) is 0.143. The Hall–Kier alpha value is -3.54. The number of amidine groups is 1. The average Bonchev–Trinajstić information content (AvgIpc) is 3.25. The van der Waals surface area contributed by atoms with E-state index in [1.165, 1.54) is 0 Å². The normalized spacial score (nSPS) is 17.0. The summed E-state index contributed by atoms with van der Waals surface area (Å²) in [7, 11) is 1.89. The molecule has 1 aliphatic heterocycles. The fourth-order valence-electron chi connectivity index (χ4n) is 3.13. The highest BCUT2D eigenvalue weighted by Gasteiger charge is 2.30. The minimum Gasteiger partial charge on any atom is -0.489 e. The first-order valence-electron chi connectivity index (χ1n) is 8.76. The van der Waals surface area contributed by atoms with Crippen LogP contribution in [-0.4, -0.2) is 33.9 Å². The van der Waals surface area contributed by atoms with E-state index in [-0.39, 0.29) is 6.29 Å². The minimum atomic E-state index is -0.226. The molecular weight excluding hydrogens is 338 g/mol. The molecule has 6 nitrogen and oxygen atoms in total. The standard InChI is InChI=1S/C21H21N5O/c1-25-20(22)18(14-27-17-10-6-3-7-11-17)19(16-8-4-2-5-9-16)24-21(25)26-13-12-23-15-26/h2-13,15,21-22,24H,14H2,1H3. The predicted molar refractivity (Wildman–Crippen MR) is 105 cm³/mol. The van der Waals surface area contributed by atoms with Crippen LogP contribution in [0.4, 0.5) is 0 Å². The van der Waals surface area contributed by atoms with Crippen LogP contribution in [0.25, 0.3) is 5.70 Å². The Labute approximate surface area is 158 Å². The Morgan fingerprint density at radius 3 is 2.44 bits per heavy atom. The summed E-state index contributed by atoms with van der Waals surface area (Å²) < 4.78 is 7.89. The number of hydrogen-bond acceptors (Lipinski definition) is 4. The molecule has 1 atom stereocenters. The van der Waals surface area contributed by atoms with Crippen LogP contribution >= 0.6 is 0 Å². The number of nitrogens with one attached hydrogen (secondary N) is 2. The molecule has 136 valence electrons. The Bertz CT molecular complexity index is 935. The number of para-hydroxylation sites is 1. The molecule has 0 bridgehead atoms. The molecule has 1 unspecified atom stereocenters. The van der Waals surface area contributed by atoms with Gasteiger partial charge in [0.1, 0.15) is 18.2 Å². The van der Waals surface area contributed by atoms with Crippen molar-refractivity contribution >= 4 is 11.5 Å². The van der Waals surface area contributed by atoms with Gasteiger partial charge in [-0.1, -0.05) is 48.5 Å². The van der Waals surface area contributed by atoms with Gasteiger partial charge in [-0.25, -0.2) is 4.98 Å². The van der Waals surface area contributed by atoms with Gasteiger partial charge in [0.05, 0.1) is 17.6 Å². The molecule has 1 aromatic heterocycles. The van der Waals surface area contributed by atoms with Crippen LogP contribution in [0, 0.1) is 5.41 Å². The largest absolute Gasteiger partial charge is 0.489 e. The van der Waals surface area contributed by atoms with Crippen LogP contribution in [-0.2, 0) is 0 Å².